The number of rotatable bonds is 6. The number of piperazine rings is 1. The van der Waals surface area contributed by atoms with Crippen LogP contribution in [-0.2, 0) is 4.79 Å². The second-order valence-corrected chi connectivity index (χ2v) is 9.65. The Bertz CT molecular complexity index is 1510. The van der Waals surface area contributed by atoms with Crippen molar-refractivity contribution in [3.8, 4) is 22.6 Å². The van der Waals surface area contributed by atoms with Crippen LogP contribution >= 0.6 is 11.5 Å². The van der Waals surface area contributed by atoms with E-state index in [1.165, 1.54) is 11.5 Å². The second-order valence-electron chi connectivity index (χ2n) is 8.92. The lowest BCUT2D eigenvalue weighted by molar-refractivity contribution is -0.131. The molecule has 5 aromatic rings. The Hall–Kier alpha value is -4.31. The molecule has 1 N–H and O–H groups in total. The molecule has 1 aliphatic heterocycles. The maximum atomic E-state index is 13.4. The molecule has 0 aliphatic carbocycles. The monoisotopic (exact) mass is 510 g/mol. The van der Waals surface area contributed by atoms with Crippen molar-refractivity contribution in [2.75, 3.05) is 36.4 Å². The maximum Gasteiger partial charge on any atom is 0.244 e. The Morgan fingerprint density at radius 3 is 2.38 bits per heavy atom. The van der Waals surface area contributed by atoms with E-state index in [0.717, 1.165) is 52.3 Å². The first-order valence-corrected chi connectivity index (χ1v) is 13.0. The quantitative estimate of drug-likeness (QED) is 0.368. The lowest BCUT2D eigenvalue weighted by Crippen LogP contribution is -2.52. The summed E-state index contributed by atoms with van der Waals surface area (Å²) >= 11 is 1.40. The predicted octanol–water partition coefficient (Wildman–Crippen LogP) is 4.06. The SMILES string of the molecule is CC(Nc1c(-c2ccccc2)nc2cnccn12)C(=O)N1CCN(c2nc(-c3ccccc3)ns2)CC1. The molecule has 1 atom stereocenters. The second kappa shape index (κ2) is 9.98. The molecule has 1 fully saturated rings. The van der Waals surface area contributed by atoms with Crippen LogP contribution in [0, 0.1) is 0 Å². The Balaban J connectivity index is 1.14. The number of nitrogens with zero attached hydrogens (tertiary/aromatic N) is 7. The van der Waals surface area contributed by atoms with Crippen molar-refractivity contribution in [3.63, 3.8) is 0 Å². The zero-order valence-electron chi connectivity index (χ0n) is 20.4. The highest BCUT2D eigenvalue weighted by atomic mass is 32.1. The number of nitrogens with one attached hydrogen (secondary N) is 1. The minimum absolute atomic E-state index is 0.0601. The molecule has 1 unspecified atom stereocenters. The molecule has 6 rings (SSSR count). The number of carbonyl (C=O) groups is 1. The molecule has 2 aromatic carbocycles. The van der Waals surface area contributed by atoms with Crippen molar-refractivity contribution in [1.82, 2.24) is 28.6 Å². The molecular formula is C27H26N8OS. The van der Waals surface area contributed by atoms with Crippen molar-refractivity contribution in [2.45, 2.75) is 13.0 Å². The van der Waals surface area contributed by atoms with Crippen LogP contribution in [0.5, 0.6) is 0 Å². The summed E-state index contributed by atoms with van der Waals surface area (Å²) in [7, 11) is 0. The summed E-state index contributed by atoms with van der Waals surface area (Å²) in [4.78, 5) is 31.2. The van der Waals surface area contributed by atoms with Gasteiger partial charge in [0.1, 0.15) is 17.6 Å². The number of imidazole rings is 1. The Kier molecular flexibility index (Phi) is 6.23. The van der Waals surface area contributed by atoms with Crippen molar-refractivity contribution in [2.24, 2.45) is 0 Å². The number of aromatic nitrogens is 5. The zero-order valence-corrected chi connectivity index (χ0v) is 21.2. The summed E-state index contributed by atoms with van der Waals surface area (Å²) in [6.07, 6.45) is 5.30. The Morgan fingerprint density at radius 1 is 0.946 bits per heavy atom. The van der Waals surface area contributed by atoms with Gasteiger partial charge in [-0.3, -0.25) is 14.2 Å². The van der Waals surface area contributed by atoms with Gasteiger partial charge in [-0.05, 0) is 6.92 Å². The highest BCUT2D eigenvalue weighted by Crippen LogP contribution is 2.29. The minimum atomic E-state index is -0.423. The van der Waals surface area contributed by atoms with Gasteiger partial charge in [-0.25, -0.2) is 4.98 Å². The third-order valence-electron chi connectivity index (χ3n) is 6.51. The first kappa shape index (κ1) is 23.1. The van der Waals surface area contributed by atoms with E-state index < -0.39 is 6.04 Å². The van der Waals surface area contributed by atoms with Gasteiger partial charge in [0, 0.05) is 61.2 Å². The van der Waals surface area contributed by atoms with Crippen molar-refractivity contribution in [1.29, 1.82) is 0 Å². The van der Waals surface area contributed by atoms with Gasteiger partial charge >= 0.3 is 0 Å². The predicted molar refractivity (Wildman–Crippen MR) is 146 cm³/mol. The van der Waals surface area contributed by atoms with E-state index >= 15 is 0 Å². The van der Waals surface area contributed by atoms with Crippen molar-refractivity contribution < 1.29 is 4.79 Å². The highest BCUT2D eigenvalue weighted by Gasteiger charge is 2.28. The number of amides is 1. The fourth-order valence-corrected chi connectivity index (χ4v) is 5.29. The van der Waals surface area contributed by atoms with Crippen LogP contribution in [0.15, 0.2) is 79.3 Å². The van der Waals surface area contributed by atoms with Crippen molar-refractivity contribution in [3.05, 3.63) is 79.3 Å². The molecule has 1 aliphatic rings. The van der Waals surface area contributed by atoms with E-state index in [1.54, 1.807) is 12.4 Å². The van der Waals surface area contributed by atoms with Gasteiger partial charge in [-0.2, -0.15) is 9.36 Å². The Morgan fingerprint density at radius 2 is 1.65 bits per heavy atom. The topological polar surface area (TPSA) is 91.5 Å². The van der Waals surface area contributed by atoms with Gasteiger partial charge < -0.3 is 15.1 Å². The molecular weight excluding hydrogens is 484 g/mol. The normalized spacial score (nSPS) is 14.6. The van der Waals surface area contributed by atoms with E-state index in [0.29, 0.717) is 13.1 Å². The molecule has 0 bridgehead atoms. The average Bonchev–Trinajstić information content (AvgIpc) is 3.60. The smallest absolute Gasteiger partial charge is 0.244 e. The molecule has 0 saturated carbocycles. The van der Waals surface area contributed by atoms with E-state index in [2.05, 4.69) is 19.6 Å². The van der Waals surface area contributed by atoms with Crippen LogP contribution in [0.25, 0.3) is 28.3 Å². The van der Waals surface area contributed by atoms with Gasteiger partial charge in [-0.15, -0.1) is 0 Å². The number of hydrogen-bond donors (Lipinski definition) is 1. The Labute approximate surface area is 218 Å². The fraction of sp³-hybridized carbons (Fsp3) is 0.222. The maximum absolute atomic E-state index is 13.4. The first-order valence-electron chi connectivity index (χ1n) is 12.2. The van der Waals surface area contributed by atoms with Crippen LogP contribution < -0.4 is 10.2 Å². The van der Waals surface area contributed by atoms with Crippen LogP contribution in [-0.4, -0.2) is 66.8 Å². The highest BCUT2D eigenvalue weighted by molar-refractivity contribution is 7.09. The number of carbonyl (C=O) groups excluding carboxylic acids is 1. The van der Waals surface area contributed by atoms with Crippen LogP contribution in [0.3, 0.4) is 0 Å². The van der Waals surface area contributed by atoms with Crippen LogP contribution in [0.2, 0.25) is 0 Å². The summed E-state index contributed by atoms with van der Waals surface area (Å²) in [6.45, 7) is 4.61. The van der Waals surface area contributed by atoms with E-state index in [-0.39, 0.29) is 5.91 Å². The summed E-state index contributed by atoms with van der Waals surface area (Å²) < 4.78 is 6.47. The standard InChI is InChI=1S/C27H26N8OS/c1-19(29-25-23(20-8-4-2-5-9-20)30-22-18-28-12-13-35(22)25)26(36)33-14-16-34(17-15-33)27-31-24(32-37-27)21-10-6-3-7-11-21/h2-13,18-19,29H,14-17H2,1H3. The van der Waals surface area contributed by atoms with Gasteiger partial charge in [0.25, 0.3) is 0 Å². The third kappa shape index (κ3) is 4.63. The third-order valence-corrected chi connectivity index (χ3v) is 7.29. The number of hydrogen-bond acceptors (Lipinski definition) is 8. The van der Waals surface area contributed by atoms with Gasteiger partial charge in [-0.1, -0.05) is 60.7 Å². The largest absolute Gasteiger partial charge is 0.358 e. The summed E-state index contributed by atoms with van der Waals surface area (Å²) in [5, 5.41) is 4.33. The van der Waals surface area contributed by atoms with Crippen LogP contribution in [0.1, 0.15) is 6.92 Å². The number of benzene rings is 2. The first-order chi connectivity index (χ1) is 18.2. The fourth-order valence-electron chi connectivity index (χ4n) is 4.55. The van der Waals surface area contributed by atoms with Crippen LogP contribution in [0.4, 0.5) is 10.9 Å². The molecule has 37 heavy (non-hydrogen) atoms. The number of anilines is 2. The molecule has 1 amide bonds. The summed E-state index contributed by atoms with van der Waals surface area (Å²) in [5.41, 5.74) is 3.51. The molecule has 9 nitrogen and oxygen atoms in total. The van der Waals surface area contributed by atoms with Gasteiger partial charge in [0.05, 0.1) is 6.20 Å². The molecule has 10 heteroatoms. The molecule has 0 radical (unpaired) electrons. The summed E-state index contributed by atoms with van der Waals surface area (Å²) in [6, 6.07) is 19.5. The van der Waals surface area contributed by atoms with E-state index in [9.17, 15) is 4.79 Å². The summed E-state index contributed by atoms with van der Waals surface area (Å²) in [5.74, 6) is 1.59. The lowest BCUT2D eigenvalue weighted by Gasteiger charge is -2.35. The van der Waals surface area contributed by atoms with E-state index in [4.69, 9.17) is 9.97 Å². The molecule has 186 valence electrons. The number of fused-ring (bicyclic) bond motifs is 1. The zero-order chi connectivity index (χ0) is 25.2. The van der Waals surface area contributed by atoms with Gasteiger partial charge in [0.2, 0.25) is 11.0 Å². The molecule has 0 spiro atoms. The minimum Gasteiger partial charge on any atom is -0.358 e. The van der Waals surface area contributed by atoms with Gasteiger partial charge in [0.15, 0.2) is 11.5 Å². The lowest BCUT2D eigenvalue weighted by atomic mass is 10.1. The molecule has 4 heterocycles. The molecule has 1 saturated heterocycles. The molecule has 3 aromatic heterocycles. The van der Waals surface area contributed by atoms with Crippen molar-refractivity contribution >= 4 is 34.0 Å². The van der Waals surface area contributed by atoms with E-state index in [1.807, 2.05) is 83.1 Å². The average molecular weight is 511 g/mol.